The number of aryl methyl sites for hydroxylation is 1. The van der Waals surface area contributed by atoms with Crippen LogP contribution in [0.5, 0.6) is 11.5 Å². The van der Waals surface area contributed by atoms with E-state index in [0.717, 1.165) is 44.3 Å². The van der Waals surface area contributed by atoms with Gasteiger partial charge in [-0.1, -0.05) is 36.5 Å². The quantitative estimate of drug-likeness (QED) is 0.395. The van der Waals surface area contributed by atoms with Crippen LogP contribution < -0.4 is 14.8 Å². The van der Waals surface area contributed by atoms with Crippen molar-refractivity contribution in [3.63, 3.8) is 0 Å². The minimum Gasteiger partial charge on any atom is -0.490 e. The number of nitrogens with one attached hydrogen (secondary N) is 1. The minimum absolute atomic E-state index is 0.0426. The standard InChI is InChI=1S/C25H26N4O3S/c1-4-12-32-19-11-10-16(13-20(19)31-5-2)17-14-22(30)27-24-23(17)15(3)28-29(24)25-26-18-8-6-7-9-21(18)33-25/h6-11,13,17H,4-5,12,14H2,1-3H3,(H,27,30)/t17-/m1/s1. The molecule has 2 aromatic heterocycles. The minimum atomic E-state index is -0.128. The van der Waals surface area contributed by atoms with Crippen LogP contribution in [0.4, 0.5) is 5.82 Å². The normalized spacial score (nSPS) is 15.4. The first-order valence-electron chi connectivity index (χ1n) is 11.2. The molecule has 33 heavy (non-hydrogen) atoms. The van der Waals surface area contributed by atoms with Crippen molar-refractivity contribution in [3.05, 3.63) is 59.3 Å². The summed E-state index contributed by atoms with van der Waals surface area (Å²) in [7, 11) is 0. The Labute approximate surface area is 196 Å². The van der Waals surface area contributed by atoms with Gasteiger partial charge in [0.25, 0.3) is 0 Å². The lowest BCUT2D eigenvalue weighted by atomic mass is 9.85. The van der Waals surface area contributed by atoms with Gasteiger partial charge < -0.3 is 14.8 Å². The van der Waals surface area contributed by atoms with E-state index in [1.165, 1.54) is 0 Å². The van der Waals surface area contributed by atoms with E-state index in [9.17, 15) is 4.79 Å². The highest BCUT2D eigenvalue weighted by Gasteiger charge is 2.33. The summed E-state index contributed by atoms with van der Waals surface area (Å²) in [6.07, 6.45) is 1.27. The lowest BCUT2D eigenvalue weighted by Crippen LogP contribution is -2.25. The summed E-state index contributed by atoms with van der Waals surface area (Å²) in [6.45, 7) is 7.17. The van der Waals surface area contributed by atoms with Crippen LogP contribution in [0.2, 0.25) is 0 Å². The van der Waals surface area contributed by atoms with E-state index in [1.807, 2.05) is 56.3 Å². The number of rotatable bonds is 7. The number of carbonyl (C=O) groups is 1. The van der Waals surface area contributed by atoms with Crippen LogP contribution in [-0.2, 0) is 4.79 Å². The van der Waals surface area contributed by atoms with Gasteiger partial charge in [0.1, 0.15) is 5.82 Å². The number of anilines is 1. The van der Waals surface area contributed by atoms with E-state index in [0.29, 0.717) is 31.2 Å². The van der Waals surface area contributed by atoms with Crippen molar-refractivity contribution in [2.75, 3.05) is 18.5 Å². The second-order valence-corrected chi connectivity index (χ2v) is 9.03. The van der Waals surface area contributed by atoms with Crippen LogP contribution in [0.3, 0.4) is 0 Å². The van der Waals surface area contributed by atoms with Gasteiger partial charge in [0.15, 0.2) is 11.5 Å². The molecular weight excluding hydrogens is 436 g/mol. The molecule has 1 amide bonds. The Bertz CT molecular complexity index is 1290. The number of carbonyl (C=O) groups excluding carboxylic acids is 1. The number of benzene rings is 2. The lowest BCUT2D eigenvalue weighted by Gasteiger charge is -2.25. The molecule has 1 N–H and O–H groups in total. The number of hydrogen-bond donors (Lipinski definition) is 1. The molecule has 0 fully saturated rings. The fourth-order valence-corrected chi connectivity index (χ4v) is 5.19. The van der Waals surface area contributed by atoms with Crippen LogP contribution >= 0.6 is 11.3 Å². The maximum absolute atomic E-state index is 12.8. The second kappa shape index (κ2) is 8.86. The third kappa shape index (κ3) is 3.95. The second-order valence-electron chi connectivity index (χ2n) is 8.02. The van der Waals surface area contributed by atoms with Crippen LogP contribution in [0.15, 0.2) is 42.5 Å². The van der Waals surface area contributed by atoms with Crippen LogP contribution in [0, 0.1) is 6.92 Å². The zero-order chi connectivity index (χ0) is 22.9. The first-order chi connectivity index (χ1) is 16.1. The van der Waals surface area contributed by atoms with Gasteiger partial charge in [-0.2, -0.15) is 9.78 Å². The third-order valence-electron chi connectivity index (χ3n) is 5.70. The third-order valence-corrected chi connectivity index (χ3v) is 6.71. The molecule has 4 aromatic rings. The predicted octanol–water partition coefficient (Wildman–Crippen LogP) is 5.45. The van der Waals surface area contributed by atoms with Gasteiger partial charge in [0, 0.05) is 17.9 Å². The van der Waals surface area contributed by atoms with E-state index in [4.69, 9.17) is 19.6 Å². The molecule has 1 aliphatic rings. The highest BCUT2D eigenvalue weighted by atomic mass is 32.1. The summed E-state index contributed by atoms with van der Waals surface area (Å²) < 4.78 is 14.6. The fourth-order valence-electron chi connectivity index (χ4n) is 4.26. The highest BCUT2D eigenvalue weighted by molar-refractivity contribution is 7.20. The van der Waals surface area contributed by atoms with E-state index >= 15 is 0 Å². The summed E-state index contributed by atoms with van der Waals surface area (Å²) in [6, 6.07) is 13.9. The summed E-state index contributed by atoms with van der Waals surface area (Å²) in [5.74, 6) is 1.95. The molecule has 1 atom stereocenters. The summed E-state index contributed by atoms with van der Waals surface area (Å²) in [4.78, 5) is 17.5. The number of amides is 1. The average molecular weight is 463 g/mol. The van der Waals surface area contributed by atoms with Gasteiger partial charge in [0.05, 0.1) is 29.1 Å². The molecule has 0 unspecified atom stereocenters. The van der Waals surface area contributed by atoms with E-state index < -0.39 is 0 Å². The summed E-state index contributed by atoms with van der Waals surface area (Å²) in [5.41, 5.74) is 3.81. The van der Waals surface area contributed by atoms with E-state index in [2.05, 4.69) is 12.2 Å². The Kier molecular flexibility index (Phi) is 5.76. The first-order valence-corrected chi connectivity index (χ1v) is 12.1. The molecule has 170 valence electrons. The number of aromatic nitrogens is 3. The van der Waals surface area contributed by atoms with Crippen molar-refractivity contribution in [1.29, 1.82) is 0 Å². The van der Waals surface area contributed by atoms with Gasteiger partial charge in [-0.3, -0.25) is 4.79 Å². The summed E-state index contributed by atoms with van der Waals surface area (Å²) >= 11 is 1.55. The van der Waals surface area contributed by atoms with Crippen LogP contribution in [0.25, 0.3) is 15.3 Å². The topological polar surface area (TPSA) is 78.3 Å². The Hall–Kier alpha value is -3.39. The van der Waals surface area contributed by atoms with Crippen molar-refractivity contribution in [3.8, 4) is 16.6 Å². The predicted molar refractivity (Wildman–Crippen MR) is 130 cm³/mol. The first kappa shape index (κ1) is 21.5. The van der Waals surface area contributed by atoms with Crippen LogP contribution in [0.1, 0.15) is 49.4 Å². The van der Waals surface area contributed by atoms with Crippen molar-refractivity contribution < 1.29 is 14.3 Å². The maximum atomic E-state index is 12.8. The highest BCUT2D eigenvalue weighted by Crippen LogP contribution is 2.43. The zero-order valence-corrected chi connectivity index (χ0v) is 19.7. The number of para-hydroxylation sites is 1. The Morgan fingerprint density at radius 1 is 1.15 bits per heavy atom. The molecule has 0 radical (unpaired) electrons. The monoisotopic (exact) mass is 462 g/mol. The molecule has 7 nitrogen and oxygen atoms in total. The molecule has 2 aromatic carbocycles. The molecule has 0 saturated carbocycles. The lowest BCUT2D eigenvalue weighted by molar-refractivity contribution is -0.116. The molecule has 0 bridgehead atoms. The Balaban J connectivity index is 1.58. The molecule has 0 saturated heterocycles. The smallest absolute Gasteiger partial charge is 0.226 e. The van der Waals surface area contributed by atoms with E-state index in [1.54, 1.807) is 16.0 Å². The van der Waals surface area contributed by atoms with Gasteiger partial charge in [0.2, 0.25) is 11.0 Å². The molecule has 0 aliphatic carbocycles. The molecule has 5 rings (SSSR count). The fraction of sp³-hybridized carbons (Fsp3) is 0.320. The van der Waals surface area contributed by atoms with E-state index in [-0.39, 0.29) is 11.8 Å². The Morgan fingerprint density at radius 3 is 2.79 bits per heavy atom. The zero-order valence-electron chi connectivity index (χ0n) is 18.9. The number of fused-ring (bicyclic) bond motifs is 2. The Morgan fingerprint density at radius 2 is 2.00 bits per heavy atom. The maximum Gasteiger partial charge on any atom is 0.226 e. The van der Waals surface area contributed by atoms with Crippen molar-refractivity contribution in [2.24, 2.45) is 0 Å². The molecule has 0 spiro atoms. The average Bonchev–Trinajstić information content (AvgIpc) is 3.39. The van der Waals surface area contributed by atoms with Gasteiger partial charge in [-0.05, 0) is 50.1 Å². The molecule has 1 aliphatic heterocycles. The molecular formula is C25H26N4O3S. The van der Waals surface area contributed by atoms with Crippen LogP contribution in [-0.4, -0.2) is 33.9 Å². The van der Waals surface area contributed by atoms with Gasteiger partial charge >= 0.3 is 0 Å². The summed E-state index contributed by atoms with van der Waals surface area (Å²) in [5, 5.41) is 8.56. The number of ether oxygens (including phenoxy) is 2. The number of nitrogens with zero attached hydrogens (tertiary/aromatic N) is 3. The molecule has 8 heteroatoms. The largest absolute Gasteiger partial charge is 0.490 e. The SMILES string of the molecule is CCCOc1ccc([C@H]2CC(=O)Nc3c2c(C)nn3-c2nc3ccccc3s2)cc1OCC. The van der Waals surface area contributed by atoms with Crippen molar-refractivity contribution in [2.45, 2.75) is 39.5 Å². The molecule has 3 heterocycles. The number of thiazole rings is 1. The number of hydrogen-bond acceptors (Lipinski definition) is 6. The van der Waals surface area contributed by atoms with Crippen molar-refractivity contribution >= 4 is 33.3 Å². The van der Waals surface area contributed by atoms with Gasteiger partial charge in [-0.15, -0.1) is 0 Å². The van der Waals surface area contributed by atoms with Gasteiger partial charge in [-0.25, -0.2) is 4.98 Å². The van der Waals surface area contributed by atoms with Crippen molar-refractivity contribution in [1.82, 2.24) is 14.8 Å².